The van der Waals surface area contributed by atoms with Gasteiger partial charge in [-0.15, -0.1) is 0 Å². The molecule has 0 bridgehead atoms. The Balaban J connectivity index is 2.12. The Kier molecular flexibility index (Phi) is 3.47. The summed E-state index contributed by atoms with van der Waals surface area (Å²) in [4.78, 5) is 15.8. The molecule has 0 aromatic carbocycles. The molecule has 0 saturated carbocycles. The SMILES string of the molecule is CCOC(=O)Cc1cn2c(n1)CCC(N)C2C. The number of carbonyl (C=O) groups is 1. The van der Waals surface area contributed by atoms with Crippen LogP contribution < -0.4 is 5.73 Å². The quantitative estimate of drug-likeness (QED) is 0.790. The molecule has 1 aromatic rings. The first-order valence-electron chi connectivity index (χ1n) is 6.09. The van der Waals surface area contributed by atoms with Crippen LogP contribution in [0.15, 0.2) is 6.20 Å². The Hall–Kier alpha value is -1.36. The Morgan fingerprint density at radius 2 is 2.47 bits per heavy atom. The van der Waals surface area contributed by atoms with Crippen molar-refractivity contribution in [2.24, 2.45) is 5.73 Å². The summed E-state index contributed by atoms with van der Waals surface area (Å²) in [5.74, 6) is 0.804. The largest absolute Gasteiger partial charge is 0.466 e. The van der Waals surface area contributed by atoms with E-state index in [0.717, 1.165) is 24.4 Å². The molecule has 2 heterocycles. The number of carbonyl (C=O) groups excluding carboxylic acids is 1. The van der Waals surface area contributed by atoms with Gasteiger partial charge in [0, 0.05) is 24.7 Å². The minimum Gasteiger partial charge on any atom is -0.466 e. The number of rotatable bonds is 3. The normalized spacial score (nSPS) is 23.2. The molecule has 0 fully saturated rings. The number of fused-ring (bicyclic) bond motifs is 1. The predicted octanol–water partition coefficient (Wildman–Crippen LogP) is 0.823. The Morgan fingerprint density at radius 3 is 3.18 bits per heavy atom. The lowest BCUT2D eigenvalue weighted by molar-refractivity contribution is -0.142. The van der Waals surface area contributed by atoms with Crippen LogP contribution in [-0.2, 0) is 22.4 Å². The van der Waals surface area contributed by atoms with Crippen molar-refractivity contribution >= 4 is 5.97 Å². The predicted molar refractivity (Wildman–Crippen MR) is 63.6 cm³/mol. The maximum Gasteiger partial charge on any atom is 0.311 e. The third kappa shape index (κ3) is 2.49. The highest BCUT2D eigenvalue weighted by Crippen LogP contribution is 2.23. The van der Waals surface area contributed by atoms with Crippen LogP contribution in [-0.4, -0.2) is 28.2 Å². The average molecular weight is 237 g/mol. The van der Waals surface area contributed by atoms with Crippen molar-refractivity contribution in [3.05, 3.63) is 17.7 Å². The van der Waals surface area contributed by atoms with Crippen molar-refractivity contribution in [3.63, 3.8) is 0 Å². The van der Waals surface area contributed by atoms with Gasteiger partial charge in [0.15, 0.2) is 0 Å². The highest BCUT2D eigenvalue weighted by molar-refractivity contribution is 5.71. The number of hydrogen-bond donors (Lipinski definition) is 1. The fourth-order valence-electron chi connectivity index (χ4n) is 2.21. The summed E-state index contributed by atoms with van der Waals surface area (Å²) in [6.07, 6.45) is 4.01. The molecule has 2 N–H and O–H groups in total. The van der Waals surface area contributed by atoms with Gasteiger partial charge in [0.2, 0.25) is 0 Å². The lowest BCUT2D eigenvalue weighted by Crippen LogP contribution is -2.35. The summed E-state index contributed by atoms with van der Waals surface area (Å²) < 4.78 is 7.00. The van der Waals surface area contributed by atoms with Crippen LogP contribution in [0, 0.1) is 0 Å². The van der Waals surface area contributed by atoms with Crippen molar-refractivity contribution in [2.75, 3.05) is 6.61 Å². The van der Waals surface area contributed by atoms with Gasteiger partial charge in [0.25, 0.3) is 0 Å². The van der Waals surface area contributed by atoms with Crippen molar-refractivity contribution < 1.29 is 9.53 Å². The fraction of sp³-hybridized carbons (Fsp3) is 0.667. The Labute approximate surface area is 101 Å². The van der Waals surface area contributed by atoms with E-state index in [1.165, 1.54) is 0 Å². The molecule has 0 spiro atoms. The van der Waals surface area contributed by atoms with E-state index in [-0.39, 0.29) is 24.5 Å². The van der Waals surface area contributed by atoms with Crippen molar-refractivity contribution in [1.82, 2.24) is 9.55 Å². The van der Waals surface area contributed by atoms with Gasteiger partial charge in [-0.25, -0.2) is 4.98 Å². The van der Waals surface area contributed by atoms with Gasteiger partial charge in [-0.05, 0) is 20.3 Å². The summed E-state index contributed by atoms with van der Waals surface area (Å²) in [5.41, 5.74) is 6.79. The Bertz CT molecular complexity index is 414. The Morgan fingerprint density at radius 1 is 1.71 bits per heavy atom. The maximum absolute atomic E-state index is 11.4. The number of aryl methyl sites for hydroxylation is 1. The molecule has 0 saturated heterocycles. The molecule has 2 rings (SSSR count). The summed E-state index contributed by atoms with van der Waals surface area (Å²) in [5, 5.41) is 0. The first-order valence-corrected chi connectivity index (χ1v) is 6.09. The summed E-state index contributed by atoms with van der Waals surface area (Å²) in [6.45, 7) is 4.30. The van der Waals surface area contributed by atoms with Crippen LogP contribution in [0.4, 0.5) is 0 Å². The van der Waals surface area contributed by atoms with Gasteiger partial charge in [-0.3, -0.25) is 4.79 Å². The fourth-order valence-corrected chi connectivity index (χ4v) is 2.21. The molecule has 0 amide bonds. The van der Waals surface area contributed by atoms with Gasteiger partial charge in [0.05, 0.1) is 18.7 Å². The van der Waals surface area contributed by atoms with Gasteiger partial charge in [0.1, 0.15) is 5.82 Å². The molecule has 17 heavy (non-hydrogen) atoms. The second-order valence-electron chi connectivity index (χ2n) is 4.48. The zero-order valence-electron chi connectivity index (χ0n) is 10.3. The first-order chi connectivity index (χ1) is 8.11. The molecule has 2 atom stereocenters. The lowest BCUT2D eigenvalue weighted by Gasteiger charge is -2.27. The molecular weight excluding hydrogens is 218 g/mol. The van der Waals surface area contributed by atoms with Gasteiger partial charge >= 0.3 is 5.97 Å². The van der Waals surface area contributed by atoms with Crippen LogP contribution in [0.25, 0.3) is 0 Å². The van der Waals surface area contributed by atoms with Crippen LogP contribution in [0.3, 0.4) is 0 Å². The second kappa shape index (κ2) is 4.87. The minimum absolute atomic E-state index is 0.173. The summed E-state index contributed by atoms with van der Waals surface area (Å²) in [6, 6.07) is 0.425. The van der Waals surface area contributed by atoms with E-state index >= 15 is 0 Å². The van der Waals surface area contributed by atoms with Crippen LogP contribution >= 0.6 is 0 Å². The molecule has 5 heteroatoms. The smallest absolute Gasteiger partial charge is 0.311 e. The van der Waals surface area contributed by atoms with E-state index in [1.807, 2.05) is 6.20 Å². The molecule has 2 unspecified atom stereocenters. The van der Waals surface area contributed by atoms with E-state index in [9.17, 15) is 4.79 Å². The molecule has 5 nitrogen and oxygen atoms in total. The van der Waals surface area contributed by atoms with Crippen molar-refractivity contribution in [1.29, 1.82) is 0 Å². The highest BCUT2D eigenvalue weighted by Gasteiger charge is 2.24. The van der Waals surface area contributed by atoms with Gasteiger partial charge in [-0.1, -0.05) is 0 Å². The van der Waals surface area contributed by atoms with Crippen molar-refractivity contribution in [3.8, 4) is 0 Å². The summed E-state index contributed by atoms with van der Waals surface area (Å²) in [7, 11) is 0. The maximum atomic E-state index is 11.4. The minimum atomic E-state index is -0.222. The molecule has 1 aromatic heterocycles. The third-order valence-electron chi connectivity index (χ3n) is 3.25. The number of aromatic nitrogens is 2. The highest BCUT2D eigenvalue weighted by atomic mass is 16.5. The second-order valence-corrected chi connectivity index (χ2v) is 4.48. The number of ether oxygens (including phenoxy) is 1. The van der Waals surface area contributed by atoms with E-state index in [1.54, 1.807) is 6.92 Å². The number of hydrogen-bond acceptors (Lipinski definition) is 4. The average Bonchev–Trinajstić information content (AvgIpc) is 2.67. The van der Waals surface area contributed by atoms with E-state index in [0.29, 0.717) is 6.61 Å². The van der Waals surface area contributed by atoms with E-state index in [2.05, 4.69) is 16.5 Å². The van der Waals surface area contributed by atoms with Crippen LogP contribution in [0.5, 0.6) is 0 Å². The van der Waals surface area contributed by atoms with E-state index < -0.39 is 0 Å². The zero-order valence-corrected chi connectivity index (χ0v) is 10.3. The van der Waals surface area contributed by atoms with Crippen LogP contribution in [0.2, 0.25) is 0 Å². The standard InChI is InChI=1S/C12H19N3O2/c1-3-17-12(16)6-9-7-15-8(2)10(13)4-5-11(15)14-9/h7-8,10H,3-6,13H2,1-2H3. The van der Waals surface area contributed by atoms with Crippen LogP contribution in [0.1, 0.15) is 37.8 Å². The topological polar surface area (TPSA) is 70.1 Å². The molecule has 1 aliphatic rings. The lowest BCUT2D eigenvalue weighted by atomic mass is 10.0. The number of imidazole rings is 1. The first kappa shape index (κ1) is 12.1. The summed E-state index contributed by atoms with van der Waals surface area (Å²) >= 11 is 0. The molecule has 0 aliphatic carbocycles. The van der Waals surface area contributed by atoms with Gasteiger partial charge < -0.3 is 15.0 Å². The number of esters is 1. The third-order valence-corrected chi connectivity index (χ3v) is 3.25. The molecule has 94 valence electrons. The van der Waals surface area contributed by atoms with E-state index in [4.69, 9.17) is 10.5 Å². The number of nitrogens with two attached hydrogens (primary N) is 1. The zero-order chi connectivity index (χ0) is 12.4. The number of nitrogens with zero attached hydrogens (tertiary/aromatic N) is 2. The monoisotopic (exact) mass is 237 g/mol. The molecule has 0 radical (unpaired) electrons. The van der Waals surface area contributed by atoms with Crippen molar-refractivity contribution in [2.45, 2.75) is 45.2 Å². The molecule has 1 aliphatic heterocycles. The molecular formula is C12H19N3O2. The van der Waals surface area contributed by atoms with Gasteiger partial charge in [-0.2, -0.15) is 0 Å².